The van der Waals surface area contributed by atoms with Gasteiger partial charge in [-0.15, -0.1) is 11.3 Å². The number of nitrogens with zero attached hydrogens (tertiary/aromatic N) is 3. The van der Waals surface area contributed by atoms with E-state index in [1.165, 1.54) is 11.3 Å². The summed E-state index contributed by atoms with van der Waals surface area (Å²) >= 11 is 1.44. The third-order valence-corrected chi connectivity index (χ3v) is 7.19. The molecule has 2 heterocycles. The van der Waals surface area contributed by atoms with Crippen LogP contribution in [0, 0.1) is 0 Å². The van der Waals surface area contributed by atoms with E-state index in [0.29, 0.717) is 17.6 Å². The Balaban J connectivity index is 1.26. The van der Waals surface area contributed by atoms with Gasteiger partial charge >= 0.3 is 0 Å². The fraction of sp³-hybridized carbons (Fsp3) is 0.385. The van der Waals surface area contributed by atoms with Gasteiger partial charge in [0.15, 0.2) is 0 Å². The topological polar surface area (TPSA) is 87.2 Å². The van der Waals surface area contributed by atoms with E-state index in [9.17, 15) is 9.59 Å². The first-order chi connectivity index (χ1) is 16.4. The van der Waals surface area contributed by atoms with Crippen molar-refractivity contribution < 1.29 is 9.59 Å². The standard InChI is InChI=1S/C26H31N5O2S/c1-17(18-6-8-19(9-7-18)24(32)22-5-4-16-34-22)25(33)28-20-10-12-21(13-11-20)29-26-27-15-14-23(30-26)31(2)3/h4-9,14-17,20-21H,10-13H2,1-3H3,(H,28,33)(H,27,29,30)/t17?,20-,21+. The van der Waals surface area contributed by atoms with E-state index in [2.05, 4.69) is 20.6 Å². The Labute approximate surface area is 204 Å². The van der Waals surface area contributed by atoms with Crippen LogP contribution < -0.4 is 15.5 Å². The zero-order valence-corrected chi connectivity index (χ0v) is 20.6. The molecule has 2 N–H and O–H groups in total. The predicted molar refractivity (Wildman–Crippen MR) is 137 cm³/mol. The van der Waals surface area contributed by atoms with Gasteiger partial charge in [-0.1, -0.05) is 30.3 Å². The lowest BCUT2D eigenvalue weighted by Crippen LogP contribution is -2.41. The van der Waals surface area contributed by atoms with Gasteiger partial charge in [-0.25, -0.2) is 4.98 Å². The summed E-state index contributed by atoms with van der Waals surface area (Å²) < 4.78 is 0. The van der Waals surface area contributed by atoms with Crippen molar-refractivity contribution >= 4 is 34.8 Å². The Kier molecular flexibility index (Phi) is 7.57. The third-order valence-electron chi connectivity index (χ3n) is 6.32. The van der Waals surface area contributed by atoms with Crippen molar-refractivity contribution in [2.24, 2.45) is 0 Å². The largest absolute Gasteiger partial charge is 0.363 e. The second-order valence-corrected chi connectivity index (χ2v) is 9.93. The number of carbonyl (C=O) groups is 2. The number of anilines is 2. The minimum atomic E-state index is -0.274. The van der Waals surface area contributed by atoms with Gasteiger partial charge < -0.3 is 15.5 Å². The Morgan fingerprint density at radius 1 is 1.03 bits per heavy atom. The summed E-state index contributed by atoms with van der Waals surface area (Å²) in [5.41, 5.74) is 1.55. The number of aromatic nitrogens is 2. The molecule has 7 nitrogen and oxygen atoms in total. The van der Waals surface area contributed by atoms with Gasteiger partial charge in [0.2, 0.25) is 17.6 Å². The highest BCUT2D eigenvalue weighted by molar-refractivity contribution is 7.12. The average molecular weight is 478 g/mol. The Bertz CT molecular complexity index is 1110. The minimum absolute atomic E-state index is 0.0165. The summed E-state index contributed by atoms with van der Waals surface area (Å²) in [6.45, 7) is 1.91. The molecule has 8 heteroatoms. The van der Waals surface area contributed by atoms with Crippen LogP contribution >= 0.6 is 11.3 Å². The number of amides is 1. The van der Waals surface area contributed by atoms with Crippen molar-refractivity contribution in [1.29, 1.82) is 0 Å². The molecule has 178 valence electrons. The molecular formula is C26H31N5O2S. The zero-order chi connectivity index (χ0) is 24.1. The van der Waals surface area contributed by atoms with Crippen LogP contribution in [0.4, 0.5) is 11.8 Å². The lowest BCUT2D eigenvalue weighted by molar-refractivity contribution is -0.123. The van der Waals surface area contributed by atoms with E-state index in [4.69, 9.17) is 0 Å². The third kappa shape index (κ3) is 5.80. The molecule has 0 radical (unpaired) electrons. The van der Waals surface area contributed by atoms with Gasteiger partial charge in [0.25, 0.3) is 0 Å². The summed E-state index contributed by atoms with van der Waals surface area (Å²) in [4.78, 5) is 36.9. The van der Waals surface area contributed by atoms with Gasteiger partial charge in [0, 0.05) is 37.9 Å². The second-order valence-electron chi connectivity index (χ2n) is 8.98. The molecule has 0 saturated heterocycles. The maximum Gasteiger partial charge on any atom is 0.227 e. The monoisotopic (exact) mass is 477 g/mol. The zero-order valence-electron chi connectivity index (χ0n) is 19.8. The average Bonchev–Trinajstić information content (AvgIpc) is 3.40. The summed E-state index contributed by atoms with van der Waals surface area (Å²) in [5, 5.41) is 8.55. The second kappa shape index (κ2) is 10.8. The van der Waals surface area contributed by atoms with Crippen LogP contribution in [0.15, 0.2) is 54.0 Å². The first-order valence-corrected chi connectivity index (χ1v) is 12.5. The van der Waals surface area contributed by atoms with E-state index in [1.54, 1.807) is 6.20 Å². The molecule has 1 atom stereocenters. The molecule has 1 saturated carbocycles. The predicted octanol–water partition coefficient (Wildman–Crippen LogP) is 4.48. The molecule has 0 aliphatic heterocycles. The van der Waals surface area contributed by atoms with E-state index < -0.39 is 0 Å². The molecule has 1 amide bonds. The summed E-state index contributed by atoms with van der Waals surface area (Å²) in [6.07, 6.45) is 5.50. The van der Waals surface area contributed by atoms with Crippen LogP contribution in [0.3, 0.4) is 0 Å². The summed E-state index contributed by atoms with van der Waals surface area (Å²) in [7, 11) is 3.92. The fourth-order valence-corrected chi connectivity index (χ4v) is 4.87. The highest BCUT2D eigenvalue weighted by Crippen LogP contribution is 2.24. The Morgan fingerprint density at radius 2 is 1.74 bits per heavy atom. The lowest BCUT2D eigenvalue weighted by atomic mass is 9.90. The fourth-order valence-electron chi connectivity index (χ4n) is 4.18. The van der Waals surface area contributed by atoms with Crippen LogP contribution in [0.5, 0.6) is 0 Å². The van der Waals surface area contributed by atoms with Crippen molar-refractivity contribution in [3.63, 3.8) is 0 Å². The smallest absolute Gasteiger partial charge is 0.227 e. The summed E-state index contributed by atoms with van der Waals surface area (Å²) in [6, 6.07) is 13.4. The van der Waals surface area contributed by atoms with Crippen molar-refractivity contribution in [1.82, 2.24) is 15.3 Å². The molecule has 1 aromatic carbocycles. The number of thiophene rings is 1. The number of benzene rings is 1. The van der Waals surface area contributed by atoms with E-state index in [1.807, 2.05) is 73.8 Å². The molecular weight excluding hydrogens is 446 g/mol. The SMILES string of the molecule is CC(C(=O)N[C@H]1CC[C@@H](Nc2nccc(N(C)C)n2)CC1)c1ccc(C(=O)c2cccs2)cc1. The summed E-state index contributed by atoms with van der Waals surface area (Å²) in [5.74, 6) is 1.28. The number of hydrogen-bond acceptors (Lipinski definition) is 7. The minimum Gasteiger partial charge on any atom is -0.363 e. The molecule has 2 aromatic heterocycles. The first-order valence-electron chi connectivity index (χ1n) is 11.7. The molecule has 1 aliphatic carbocycles. The number of nitrogens with one attached hydrogen (secondary N) is 2. The van der Waals surface area contributed by atoms with Gasteiger partial charge in [-0.2, -0.15) is 4.98 Å². The maximum absolute atomic E-state index is 12.9. The first kappa shape index (κ1) is 23.9. The highest BCUT2D eigenvalue weighted by atomic mass is 32.1. The molecule has 0 bridgehead atoms. The number of carbonyl (C=O) groups excluding carboxylic acids is 2. The quantitative estimate of drug-likeness (QED) is 0.465. The normalized spacial score (nSPS) is 18.7. The van der Waals surface area contributed by atoms with Crippen molar-refractivity contribution in [3.05, 3.63) is 70.0 Å². The number of rotatable bonds is 8. The Morgan fingerprint density at radius 3 is 2.38 bits per heavy atom. The van der Waals surface area contributed by atoms with Crippen LogP contribution in [0.1, 0.15) is 59.3 Å². The van der Waals surface area contributed by atoms with Crippen LogP contribution in [0.25, 0.3) is 0 Å². The molecule has 3 aromatic rings. The van der Waals surface area contributed by atoms with Crippen molar-refractivity contribution in [2.45, 2.75) is 50.6 Å². The molecule has 1 fully saturated rings. The van der Waals surface area contributed by atoms with Gasteiger partial charge in [-0.05, 0) is 55.7 Å². The van der Waals surface area contributed by atoms with E-state index in [0.717, 1.165) is 41.9 Å². The van der Waals surface area contributed by atoms with Crippen molar-refractivity contribution in [3.8, 4) is 0 Å². The van der Waals surface area contributed by atoms with Crippen LogP contribution in [-0.2, 0) is 4.79 Å². The number of hydrogen-bond donors (Lipinski definition) is 2. The highest BCUT2D eigenvalue weighted by Gasteiger charge is 2.25. The molecule has 34 heavy (non-hydrogen) atoms. The van der Waals surface area contributed by atoms with Crippen LogP contribution in [-0.4, -0.2) is 47.8 Å². The number of ketones is 1. The van der Waals surface area contributed by atoms with Gasteiger partial charge in [0.1, 0.15) is 5.82 Å². The Hall–Kier alpha value is -3.26. The molecule has 4 rings (SSSR count). The van der Waals surface area contributed by atoms with Crippen molar-refractivity contribution in [2.75, 3.05) is 24.3 Å². The van der Waals surface area contributed by atoms with E-state index >= 15 is 0 Å². The van der Waals surface area contributed by atoms with E-state index in [-0.39, 0.29) is 23.7 Å². The van der Waals surface area contributed by atoms with Gasteiger partial charge in [-0.3, -0.25) is 9.59 Å². The molecule has 1 aliphatic rings. The maximum atomic E-state index is 12.9. The van der Waals surface area contributed by atoms with Gasteiger partial charge in [0.05, 0.1) is 10.8 Å². The van der Waals surface area contributed by atoms with Crippen LogP contribution in [0.2, 0.25) is 0 Å². The molecule has 0 spiro atoms. The molecule has 1 unspecified atom stereocenters. The lowest BCUT2D eigenvalue weighted by Gasteiger charge is -2.30.